The molecular weight excluding hydrogens is 415 g/mol. The van der Waals surface area contributed by atoms with Crippen molar-refractivity contribution >= 4 is 21.4 Å². The Balaban J connectivity index is 1.57. The Kier molecular flexibility index (Phi) is 5.77. The number of nitrogens with one attached hydrogen (secondary N) is 1. The molecule has 0 unspecified atom stereocenters. The largest absolute Gasteiger partial charge is 0.573 e. The summed E-state index contributed by atoms with van der Waals surface area (Å²) in [5.41, 5.74) is 0.987. The molecule has 0 radical (unpaired) electrons. The Bertz CT molecular complexity index is 1040. The molecule has 2 aromatic heterocycles. The molecule has 0 saturated heterocycles. The molecule has 0 amide bonds. The first kappa shape index (κ1) is 20.4. The van der Waals surface area contributed by atoms with E-state index in [2.05, 4.69) is 14.6 Å². The molecule has 0 saturated carbocycles. The second-order valence-corrected chi connectivity index (χ2v) is 8.77. The van der Waals surface area contributed by atoms with Crippen LogP contribution in [-0.2, 0) is 23.5 Å². The molecule has 0 spiro atoms. The Morgan fingerprint density at radius 3 is 2.50 bits per heavy atom. The molecule has 28 heavy (non-hydrogen) atoms. The first-order chi connectivity index (χ1) is 13.1. The predicted octanol–water partition coefficient (Wildman–Crippen LogP) is 3.57. The van der Waals surface area contributed by atoms with E-state index in [0.29, 0.717) is 6.42 Å². The van der Waals surface area contributed by atoms with Crippen molar-refractivity contribution in [1.82, 2.24) is 14.5 Å². The minimum Gasteiger partial charge on any atom is -0.406 e. The summed E-state index contributed by atoms with van der Waals surface area (Å²) in [6.45, 7) is 0.163. The zero-order valence-corrected chi connectivity index (χ0v) is 16.2. The van der Waals surface area contributed by atoms with Crippen molar-refractivity contribution in [2.24, 2.45) is 7.05 Å². The highest BCUT2D eigenvalue weighted by Gasteiger charge is 2.31. The smallest absolute Gasteiger partial charge is 0.406 e. The van der Waals surface area contributed by atoms with Gasteiger partial charge in [0.1, 0.15) is 5.75 Å². The van der Waals surface area contributed by atoms with E-state index in [9.17, 15) is 21.6 Å². The van der Waals surface area contributed by atoms with Crippen molar-refractivity contribution in [3.05, 3.63) is 53.7 Å². The molecule has 11 heteroatoms. The summed E-state index contributed by atoms with van der Waals surface area (Å²) >= 11 is 1.54. The van der Waals surface area contributed by atoms with Crippen molar-refractivity contribution in [2.75, 3.05) is 6.54 Å². The monoisotopic (exact) mass is 431 g/mol. The van der Waals surface area contributed by atoms with Gasteiger partial charge in [-0.2, -0.15) is 5.10 Å². The molecule has 0 atom stereocenters. The zero-order valence-electron chi connectivity index (χ0n) is 14.6. The lowest BCUT2D eigenvalue weighted by molar-refractivity contribution is -0.274. The third-order valence-electron chi connectivity index (χ3n) is 3.68. The van der Waals surface area contributed by atoms with E-state index in [1.807, 2.05) is 25.4 Å². The number of sulfonamides is 1. The number of hydrogen-bond acceptors (Lipinski definition) is 5. The Morgan fingerprint density at radius 2 is 1.89 bits per heavy atom. The number of thiophene rings is 1. The molecule has 2 heterocycles. The summed E-state index contributed by atoms with van der Waals surface area (Å²) in [6.07, 6.45) is -0.692. The average molecular weight is 431 g/mol. The minimum absolute atomic E-state index is 0.135. The summed E-state index contributed by atoms with van der Waals surface area (Å²) < 4.78 is 68.9. The molecule has 0 fully saturated rings. The Labute approximate surface area is 163 Å². The van der Waals surface area contributed by atoms with Crippen LogP contribution in [-0.4, -0.2) is 31.1 Å². The second-order valence-electron chi connectivity index (χ2n) is 5.84. The summed E-state index contributed by atoms with van der Waals surface area (Å²) in [5.74, 6) is -0.479. The van der Waals surface area contributed by atoms with Crippen LogP contribution in [0.15, 0.2) is 53.7 Å². The maximum atomic E-state index is 12.3. The fourth-order valence-electron chi connectivity index (χ4n) is 2.43. The van der Waals surface area contributed by atoms with Crippen LogP contribution in [0.5, 0.6) is 5.75 Å². The number of aromatic nitrogens is 2. The average Bonchev–Trinajstić information content (AvgIpc) is 3.23. The van der Waals surface area contributed by atoms with Gasteiger partial charge >= 0.3 is 6.36 Å². The highest BCUT2D eigenvalue weighted by Crippen LogP contribution is 2.28. The number of halogens is 3. The molecule has 1 aromatic carbocycles. The van der Waals surface area contributed by atoms with Gasteiger partial charge in [0.2, 0.25) is 10.0 Å². The topological polar surface area (TPSA) is 73.2 Å². The minimum atomic E-state index is -4.83. The van der Waals surface area contributed by atoms with Gasteiger partial charge in [-0.3, -0.25) is 4.68 Å². The zero-order chi connectivity index (χ0) is 20.4. The van der Waals surface area contributed by atoms with Gasteiger partial charge < -0.3 is 4.74 Å². The molecular formula is C17H16F3N3O3S2. The number of hydrogen-bond donors (Lipinski definition) is 1. The number of aryl methyl sites for hydroxylation is 1. The maximum Gasteiger partial charge on any atom is 0.573 e. The third-order valence-corrected chi connectivity index (χ3v) is 6.35. The highest BCUT2D eigenvalue weighted by atomic mass is 32.2. The van der Waals surface area contributed by atoms with Gasteiger partial charge in [0.05, 0.1) is 11.1 Å². The number of alkyl halides is 3. The van der Waals surface area contributed by atoms with Gasteiger partial charge in [-0.1, -0.05) is 0 Å². The van der Waals surface area contributed by atoms with Crippen LogP contribution in [0.3, 0.4) is 0 Å². The van der Waals surface area contributed by atoms with Crippen LogP contribution in [0.4, 0.5) is 13.2 Å². The van der Waals surface area contributed by atoms with E-state index in [1.165, 1.54) is 0 Å². The van der Waals surface area contributed by atoms with Gasteiger partial charge in [0.25, 0.3) is 0 Å². The van der Waals surface area contributed by atoms with E-state index >= 15 is 0 Å². The van der Waals surface area contributed by atoms with E-state index in [-0.39, 0.29) is 11.4 Å². The summed E-state index contributed by atoms with van der Waals surface area (Å²) in [5, 5.41) is 4.12. The molecule has 6 nitrogen and oxygen atoms in total. The van der Waals surface area contributed by atoms with E-state index < -0.39 is 22.1 Å². The lowest BCUT2D eigenvalue weighted by Gasteiger charge is -2.10. The van der Waals surface area contributed by atoms with E-state index in [4.69, 9.17) is 0 Å². The van der Waals surface area contributed by atoms with Crippen LogP contribution in [0, 0.1) is 0 Å². The molecule has 3 aromatic rings. The number of nitrogens with zero attached hydrogens (tertiary/aromatic N) is 2. The standard InChI is InChI=1S/C17H16F3N3O3S2/c1-23-11-12(10-21-23)16-7-4-14(27-16)8-9-22-28(24,25)15-5-2-13(3-6-15)26-17(18,19)20/h2-7,10-11,22H,8-9H2,1H3. The van der Waals surface area contributed by atoms with Gasteiger partial charge in [-0.15, -0.1) is 24.5 Å². The summed E-state index contributed by atoms with van der Waals surface area (Å²) in [7, 11) is -2.00. The van der Waals surface area contributed by atoms with Gasteiger partial charge in [-0.25, -0.2) is 13.1 Å². The van der Waals surface area contributed by atoms with Gasteiger partial charge in [0.15, 0.2) is 0 Å². The number of ether oxygens (including phenoxy) is 1. The predicted molar refractivity (Wildman–Crippen MR) is 98.5 cm³/mol. The lowest BCUT2D eigenvalue weighted by atomic mass is 10.3. The summed E-state index contributed by atoms with van der Waals surface area (Å²) in [6, 6.07) is 7.92. The second kappa shape index (κ2) is 7.94. The van der Waals surface area contributed by atoms with Crippen molar-refractivity contribution in [1.29, 1.82) is 0 Å². The highest BCUT2D eigenvalue weighted by molar-refractivity contribution is 7.89. The third kappa shape index (κ3) is 5.33. The fraction of sp³-hybridized carbons (Fsp3) is 0.235. The molecule has 0 aliphatic carbocycles. The molecule has 0 bridgehead atoms. The summed E-state index contributed by atoms with van der Waals surface area (Å²) in [4.78, 5) is 1.89. The molecule has 150 valence electrons. The Morgan fingerprint density at radius 1 is 1.18 bits per heavy atom. The van der Waals surface area contributed by atoms with Crippen molar-refractivity contribution in [3.63, 3.8) is 0 Å². The quantitative estimate of drug-likeness (QED) is 0.621. The van der Waals surface area contributed by atoms with Gasteiger partial charge in [0, 0.05) is 35.1 Å². The van der Waals surface area contributed by atoms with Gasteiger partial charge in [-0.05, 0) is 42.8 Å². The van der Waals surface area contributed by atoms with Crippen LogP contribution in [0.1, 0.15) is 4.88 Å². The lowest BCUT2D eigenvalue weighted by Crippen LogP contribution is -2.25. The SMILES string of the molecule is Cn1cc(-c2ccc(CCNS(=O)(=O)c3ccc(OC(F)(F)F)cc3)s2)cn1. The molecule has 1 N–H and O–H groups in total. The van der Waals surface area contributed by atoms with E-state index in [0.717, 1.165) is 39.6 Å². The Hall–Kier alpha value is -2.37. The van der Waals surface area contributed by atoms with E-state index in [1.54, 1.807) is 22.2 Å². The van der Waals surface area contributed by atoms with Crippen molar-refractivity contribution < 1.29 is 26.3 Å². The first-order valence-corrected chi connectivity index (χ1v) is 10.4. The van der Waals surface area contributed by atoms with Crippen LogP contribution >= 0.6 is 11.3 Å². The normalized spacial score (nSPS) is 12.3. The maximum absolute atomic E-state index is 12.3. The fourth-order valence-corrected chi connectivity index (χ4v) is 4.44. The number of benzene rings is 1. The van der Waals surface area contributed by atoms with Crippen molar-refractivity contribution in [3.8, 4) is 16.2 Å². The molecule has 3 rings (SSSR count). The van der Waals surface area contributed by atoms with Crippen LogP contribution < -0.4 is 9.46 Å². The van der Waals surface area contributed by atoms with Crippen LogP contribution in [0.25, 0.3) is 10.4 Å². The van der Waals surface area contributed by atoms with Crippen molar-refractivity contribution in [2.45, 2.75) is 17.7 Å². The first-order valence-electron chi connectivity index (χ1n) is 8.06. The molecule has 0 aliphatic heterocycles. The molecule has 0 aliphatic rings. The number of rotatable bonds is 7. The van der Waals surface area contributed by atoms with Crippen LogP contribution in [0.2, 0.25) is 0 Å².